The van der Waals surface area contributed by atoms with Gasteiger partial charge >= 0.3 is 5.97 Å². The van der Waals surface area contributed by atoms with Crippen molar-refractivity contribution in [2.24, 2.45) is 0 Å². The summed E-state index contributed by atoms with van der Waals surface area (Å²) in [6, 6.07) is 1.78. The highest BCUT2D eigenvalue weighted by molar-refractivity contribution is 8.10. The van der Waals surface area contributed by atoms with Gasteiger partial charge in [-0.3, -0.25) is 0 Å². The number of rotatable bonds is 8. The van der Waals surface area contributed by atoms with E-state index in [1.54, 1.807) is 0 Å². The molecule has 0 saturated heterocycles. The Morgan fingerprint density at radius 1 is 1.12 bits per heavy atom. The number of aromatic carboxylic acids is 1. The Kier molecular flexibility index (Phi) is 6.59. The summed E-state index contributed by atoms with van der Waals surface area (Å²) < 4.78 is 64.1. The summed E-state index contributed by atoms with van der Waals surface area (Å²) in [7, 11) is -8.93. The van der Waals surface area contributed by atoms with Crippen LogP contribution < -0.4 is 3.71 Å². The Bertz CT molecular complexity index is 802. The Morgan fingerprint density at radius 3 is 1.96 bits per heavy atom. The van der Waals surface area contributed by atoms with Gasteiger partial charge in [0, 0.05) is 0 Å². The van der Waals surface area contributed by atoms with Crippen molar-refractivity contribution in [3.05, 3.63) is 28.5 Å². The lowest BCUT2D eigenvalue weighted by molar-refractivity contribution is 0.0692. The molecule has 0 aliphatic rings. The van der Waals surface area contributed by atoms with Crippen LogP contribution in [0.25, 0.3) is 0 Å². The zero-order chi connectivity index (χ0) is 18.7. The van der Waals surface area contributed by atoms with Gasteiger partial charge in [0.2, 0.25) is 20.0 Å². The van der Waals surface area contributed by atoms with Crippen molar-refractivity contribution in [1.29, 1.82) is 0 Å². The lowest BCUT2D eigenvalue weighted by Gasteiger charge is -2.25. The topological polar surface area (TPSA) is 109 Å². The SMILES string of the molecule is CCCS(=O)(=O)N(c1c(Cl)ccc(C(=O)O)c1F)S(=O)(=O)CCC. The molecule has 0 unspecified atom stereocenters. The lowest BCUT2D eigenvalue weighted by atomic mass is 10.2. The third kappa shape index (κ3) is 4.17. The molecular weight excluding hydrogens is 385 g/mol. The first-order valence-electron chi connectivity index (χ1n) is 6.96. The fourth-order valence-electron chi connectivity index (χ4n) is 2.01. The highest BCUT2D eigenvalue weighted by Crippen LogP contribution is 2.35. The smallest absolute Gasteiger partial charge is 0.338 e. The molecule has 0 aromatic heterocycles. The van der Waals surface area contributed by atoms with Gasteiger partial charge in [0.15, 0.2) is 5.82 Å². The first kappa shape index (κ1) is 20.7. The summed E-state index contributed by atoms with van der Waals surface area (Å²) >= 11 is 5.81. The van der Waals surface area contributed by atoms with Crippen molar-refractivity contribution in [2.75, 3.05) is 15.2 Å². The van der Waals surface area contributed by atoms with Crippen molar-refractivity contribution in [1.82, 2.24) is 0 Å². The van der Waals surface area contributed by atoms with Gasteiger partial charge in [-0.05, 0) is 25.0 Å². The van der Waals surface area contributed by atoms with E-state index in [0.717, 1.165) is 12.1 Å². The Labute approximate surface area is 145 Å². The second-order valence-corrected chi connectivity index (χ2v) is 9.40. The maximum atomic E-state index is 14.5. The van der Waals surface area contributed by atoms with Crippen LogP contribution in [0.5, 0.6) is 0 Å². The standard InChI is InChI=1S/C13H17ClFNO6S2/c1-3-7-23(19,20)16(24(21,22)8-4-2)12-10(14)6-5-9(11(12)15)13(17)18/h5-6H,3-4,7-8H2,1-2H3,(H,17,18). The number of nitrogens with zero attached hydrogens (tertiary/aromatic N) is 1. The maximum Gasteiger partial charge on any atom is 0.338 e. The Hall–Kier alpha value is -1.39. The number of carbonyl (C=O) groups is 1. The Balaban J connectivity index is 3.82. The summed E-state index contributed by atoms with van der Waals surface area (Å²) in [5.41, 5.74) is -1.86. The number of benzene rings is 1. The van der Waals surface area contributed by atoms with E-state index in [1.807, 2.05) is 0 Å². The van der Waals surface area contributed by atoms with E-state index in [4.69, 9.17) is 16.7 Å². The van der Waals surface area contributed by atoms with Gasteiger partial charge in [-0.1, -0.05) is 25.4 Å². The molecule has 0 bridgehead atoms. The van der Waals surface area contributed by atoms with Crippen LogP contribution in [0.4, 0.5) is 10.1 Å². The van der Waals surface area contributed by atoms with Crippen molar-refractivity contribution in [3.8, 4) is 0 Å². The van der Waals surface area contributed by atoms with E-state index in [0.29, 0.717) is 0 Å². The largest absolute Gasteiger partial charge is 0.478 e. The van der Waals surface area contributed by atoms with Crippen molar-refractivity contribution >= 4 is 43.3 Å². The monoisotopic (exact) mass is 401 g/mol. The van der Waals surface area contributed by atoms with Crippen molar-refractivity contribution in [2.45, 2.75) is 26.7 Å². The number of carboxylic acid groups (broad SMARTS) is 1. The van der Waals surface area contributed by atoms with Crippen LogP contribution in [0.15, 0.2) is 12.1 Å². The molecule has 0 aliphatic carbocycles. The van der Waals surface area contributed by atoms with Crippen molar-refractivity contribution < 1.29 is 31.1 Å². The molecule has 0 spiro atoms. The second kappa shape index (κ2) is 7.66. The van der Waals surface area contributed by atoms with Gasteiger partial charge in [-0.15, -0.1) is 0 Å². The normalized spacial score (nSPS) is 12.2. The molecule has 1 aromatic rings. The summed E-state index contributed by atoms with van der Waals surface area (Å²) in [5.74, 6) is -4.33. The minimum absolute atomic E-state index is 0.0723. The average molecular weight is 402 g/mol. The molecular formula is C13H17ClFNO6S2. The summed E-state index contributed by atoms with van der Waals surface area (Å²) in [6.45, 7) is 3.02. The van der Waals surface area contributed by atoms with Gasteiger partial charge in [-0.2, -0.15) is 3.71 Å². The highest BCUT2D eigenvalue weighted by atomic mass is 35.5. The first-order chi connectivity index (χ1) is 11.0. The molecule has 0 amide bonds. The summed E-state index contributed by atoms with van der Waals surface area (Å²) in [5, 5.41) is 8.46. The quantitative estimate of drug-likeness (QED) is 0.716. The van der Waals surface area contributed by atoms with E-state index in [-0.39, 0.29) is 16.6 Å². The molecule has 0 fully saturated rings. The fraction of sp³-hybridized carbons (Fsp3) is 0.462. The fourth-order valence-corrected chi connectivity index (χ4v) is 6.45. The number of hydrogen-bond acceptors (Lipinski definition) is 5. The molecule has 1 N–H and O–H groups in total. The Morgan fingerprint density at radius 2 is 1.58 bits per heavy atom. The number of hydrogen-bond donors (Lipinski definition) is 1. The molecule has 0 atom stereocenters. The van der Waals surface area contributed by atoms with Gasteiger partial charge in [0.05, 0.1) is 22.1 Å². The number of halogens is 2. The predicted molar refractivity (Wildman–Crippen MR) is 89.0 cm³/mol. The van der Waals surface area contributed by atoms with Gasteiger partial charge in [0.1, 0.15) is 5.69 Å². The van der Waals surface area contributed by atoms with Crippen LogP contribution in [0.1, 0.15) is 37.0 Å². The first-order valence-corrected chi connectivity index (χ1v) is 10.6. The zero-order valence-electron chi connectivity index (χ0n) is 13.0. The van der Waals surface area contributed by atoms with Crippen LogP contribution in [0.3, 0.4) is 0 Å². The predicted octanol–water partition coefficient (Wildman–Crippen LogP) is 2.46. The van der Waals surface area contributed by atoms with Crippen LogP contribution in [0, 0.1) is 5.82 Å². The van der Waals surface area contributed by atoms with E-state index in [9.17, 15) is 26.0 Å². The molecule has 0 aliphatic heterocycles. The van der Waals surface area contributed by atoms with Crippen LogP contribution >= 0.6 is 11.6 Å². The molecule has 0 saturated carbocycles. The van der Waals surface area contributed by atoms with Gasteiger partial charge in [-0.25, -0.2) is 26.0 Å². The lowest BCUT2D eigenvalue weighted by Crippen LogP contribution is -2.40. The third-order valence-electron chi connectivity index (χ3n) is 2.91. The molecule has 11 heteroatoms. The van der Waals surface area contributed by atoms with Gasteiger partial charge < -0.3 is 5.11 Å². The van der Waals surface area contributed by atoms with Crippen molar-refractivity contribution in [3.63, 3.8) is 0 Å². The number of sulfonamides is 2. The zero-order valence-corrected chi connectivity index (χ0v) is 15.4. The minimum Gasteiger partial charge on any atom is -0.478 e. The molecule has 7 nitrogen and oxygen atoms in total. The molecule has 0 radical (unpaired) electrons. The van der Waals surface area contributed by atoms with E-state index in [2.05, 4.69) is 0 Å². The van der Waals surface area contributed by atoms with Crippen LogP contribution in [-0.2, 0) is 20.0 Å². The maximum absolute atomic E-state index is 14.5. The molecule has 1 rings (SSSR count). The highest BCUT2D eigenvalue weighted by Gasteiger charge is 2.37. The van der Waals surface area contributed by atoms with Crippen LogP contribution in [-0.4, -0.2) is 39.4 Å². The van der Waals surface area contributed by atoms with E-state index >= 15 is 0 Å². The summed E-state index contributed by atoms with van der Waals surface area (Å²) in [4.78, 5) is 11.1. The van der Waals surface area contributed by atoms with Crippen LogP contribution in [0.2, 0.25) is 5.02 Å². The van der Waals surface area contributed by atoms with E-state index in [1.165, 1.54) is 13.8 Å². The second-order valence-electron chi connectivity index (χ2n) is 4.89. The minimum atomic E-state index is -4.46. The van der Waals surface area contributed by atoms with Gasteiger partial charge in [0.25, 0.3) is 0 Å². The van der Waals surface area contributed by atoms with E-state index < -0.39 is 59.6 Å². The summed E-state index contributed by atoms with van der Waals surface area (Å²) in [6.07, 6.45) is 0.163. The third-order valence-corrected chi connectivity index (χ3v) is 7.80. The molecule has 0 heterocycles. The molecule has 24 heavy (non-hydrogen) atoms. The number of carboxylic acids is 1. The average Bonchev–Trinajstić information content (AvgIpc) is 2.41. The molecule has 1 aromatic carbocycles. The molecule has 136 valence electrons. The number of anilines is 1.